The highest BCUT2D eigenvalue weighted by molar-refractivity contribution is 8.00. The van der Waals surface area contributed by atoms with Gasteiger partial charge in [0.1, 0.15) is 5.15 Å². The Labute approximate surface area is 212 Å². The van der Waals surface area contributed by atoms with E-state index < -0.39 is 5.25 Å². The number of likely N-dealkylation sites (tertiary alicyclic amines) is 1. The normalized spacial score (nSPS) is 15.3. The fraction of sp³-hybridized carbons (Fsp3) is 0.400. The standard InChI is InChI=1S/C25H28ClN5O3S/c1-2-3-8-20(24(34)30-13-10-16(11-14-30)22(27)32)35-25-29-19-7-5-4-6-18(19)23(33)31(25)17-9-12-28-21(26)15-17/h4-7,9,12,15-16,20H,2-3,8,10-11,13-14H2,1H3,(H2,27,32). The number of carbonyl (C=O) groups is 2. The zero-order chi connectivity index (χ0) is 24.9. The van der Waals surface area contributed by atoms with Gasteiger partial charge in [0.15, 0.2) is 5.16 Å². The summed E-state index contributed by atoms with van der Waals surface area (Å²) in [6, 6.07) is 10.5. The topological polar surface area (TPSA) is 111 Å². The molecule has 0 bridgehead atoms. The molecular weight excluding hydrogens is 486 g/mol. The largest absolute Gasteiger partial charge is 0.369 e. The second-order valence-electron chi connectivity index (χ2n) is 8.64. The summed E-state index contributed by atoms with van der Waals surface area (Å²) in [4.78, 5) is 49.3. The average molecular weight is 514 g/mol. The molecule has 0 aliphatic carbocycles. The van der Waals surface area contributed by atoms with Crippen molar-refractivity contribution >= 4 is 46.1 Å². The van der Waals surface area contributed by atoms with Crippen molar-refractivity contribution in [1.29, 1.82) is 0 Å². The first kappa shape index (κ1) is 25.2. The van der Waals surface area contributed by atoms with Gasteiger partial charge < -0.3 is 10.6 Å². The summed E-state index contributed by atoms with van der Waals surface area (Å²) in [5, 5.41) is 0.748. The third-order valence-corrected chi connectivity index (χ3v) is 7.68. The first-order valence-electron chi connectivity index (χ1n) is 11.8. The van der Waals surface area contributed by atoms with Crippen LogP contribution in [0.15, 0.2) is 52.5 Å². The Morgan fingerprint density at radius 2 is 1.97 bits per heavy atom. The van der Waals surface area contributed by atoms with E-state index >= 15 is 0 Å². The second kappa shape index (κ2) is 11.2. The molecule has 3 heterocycles. The molecule has 0 spiro atoms. The predicted molar refractivity (Wildman–Crippen MR) is 138 cm³/mol. The number of benzene rings is 1. The summed E-state index contributed by atoms with van der Waals surface area (Å²) in [5.41, 5.74) is 6.34. The van der Waals surface area contributed by atoms with Gasteiger partial charge in [0.25, 0.3) is 5.56 Å². The van der Waals surface area contributed by atoms with Crippen LogP contribution in [0.1, 0.15) is 39.0 Å². The van der Waals surface area contributed by atoms with Crippen molar-refractivity contribution in [1.82, 2.24) is 19.4 Å². The number of piperidine rings is 1. The number of unbranched alkanes of at least 4 members (excludes halogenated alkanes) is 1. The number of halogens is 1. The molecule has 184 valence electrons. The number of thioether (sulfide) groups is 1. The maximum Gasteiger partial charge on any atom is 0.266 e. The van der Waals surface area contributed by atoms with Gasteiger partial charge in [-0.25, -0.2) is 9.97 Å². The maximum absolute atomic E-state index is 13.6. The molecule has 1 aromatic carbocycles. The highest BCUT2D eigenvalue weighted by Crippen LogP contribution is 2.31. The minimum atomic E-state index is -0.420. The number of fused-ring (bicyclic) bond motifs is 1. The van der Waals surface area contributed by atoms with Gasteiger partial charge in [-0.05, 0) is 43.5 Å². The van der Waals surface area contributed by atoms with Crippen LogP contribution in [0.3, 0.4) is 0 Å². The molecule has 8 nitrogen and oxygen atoms in total. The predicted octanol–water partition coefficient (Wildman–Crippen LogP) is 3.81. The molecule has 1 fully saturated rings. The Morgan fingerprint density at radius 1 is 1.23 bits per heavy atom. The van der Waals surface area contributed by atoms with E-state index in [0.29, 0.717) is 54.1 Å². The molecule has 1 saturated heterocycles. The molecule has 1 aliphatic heterocycles. The van der Waals surface area contributed by atoms with Crippen LogP contribution in [0.5, 0.6) is 0 Å². The summed E-state index contributed by atoms with van der Waals surface area (Å²) >= 11 is 7.43. The minimum Gasteiger partial charge on any atom is -0.369 e. The third kappa shape index (κ3) is 5.67. The van der Waals surface area contributed by atoms with Crippen molar-refractivity contribution in [2.45, 2.75) is 49.4 Å². The Bertz CT molecular complexity index is 1290. The number of nitrogens with zero attached hydrogens (tertiary/aromatic N) is 4. The van der Waals surface area contributed by atoms with Crippen molar-refractivity contribution in [2.75, 3.05) is 13.1 Å². The molecule has 0 radical (unpaired) electrons. The number of amides is 2. The fourth-order valence-electron chi connectivity index (χ4n) is 4.29. The Balaban J connectivity index is 1.71. The molecule has 4 rings (SSSR count). The van der Waals surface area contributed by atoms with E-state index in [9.17, 15) is 14.4 Å². The number of para-hydroxylation sites is 1. The summed E-state index contributed by atoms with van der Waals surface area (Å²) < 4.78 is 1.51. The number of nitrogens with two attached hydrogens (primary N) is 1. The van der Waals surface area contributed by atoms with E-state index in [0.717, 1.165) is 12.8 Å². The number of aromatic nitrogens is 3. The average Bonchev–Trinajstić information content (AvgIpc) is 2.86. The molecular formula is C25H28ClN5O3S. The van der Waals surface area contributed by atoms with Gasteiger partial charge in [0, 0.05) is 25.2 Å². The number of hydrogen-bond donors (Lipinski definition) is 1. The Hall–Kier alpha value is -2.91. The molecule has 35 heavy (non-hydrogen) atoms. The molecule has 2 N–H and O–H groups in total. The van der Waals surface area contributed by atoms with Crippen molar-refractivity contribution in [3.63, 3.8) is 0 Å². The van der Waals surface area contributed by atoms with Crippen LogP contribution < -0.4 is 11.3 Å². The zero-order valence-corrected chi connectivity index (χ0v) is 21.1. The van der Waals surface area contributed by atoms with Crippen LogP contribution in [-0.4, -0.2) is 49.6 Å². The van der Waals surface area contributed by atoms with E-state index in [4.69, 9.17) is 22.3 Å². The van der Waals surface area contributed by atoms with Crippen LogP contribution >= 0.6 is 23.4 Å². The lowest BCUT2D eigenvalue weighted by Crippen LogP contribution is -2.45. The molecule has 2 aromatic heterocycles. The zero-order valence-electron chi connectivity index (χ0n) is 19.5. The van der Waals surface area contributed by atoms with Gasteiger partial charge in [-0.15, -0.1) is 0 Å². The first-order chi connectivity index (χ1) is 16.9. The van der Waals surface area contributed by atoms with Crippen molar-refractivity contribution in [2.24, 2.45) is 11.7 Å². The van der Waals surface area contributed by atoms with E-state index in [1.807, 2.05) is 6.07 Å². The third-order valence-electron chi connectivity index (χ3n) is 6.27. The van der Waals surface area contributed by atoms with Crippen molar-refractivity contribution < 1.29 is 9.59 Å². The highest BCUT2D eigenvalue weighted by atomic mass is 35.5. The molecule has 1 unspecified atom stereocenters. The van der Waals surface area contributed by atoms with Crippen molar-refractivity contribution in [3.05, 3.63) is 58.1 Å². The number of pyridine rings is 1. The number of primary amides is 1. The van der Waals surface area contributed by atoms with E-state index in [1.165, 1.54) is 22.5 Å². The SMILES string of the molecule is CCCCC(Sc1nc2ccccc2c(=O)n1-c1ccnc(Cl)c1)C(=O)N1CCC(C(N)=O)CC1. The molecule has 1 aliphatic rings. The van der Waals surface area contributed by atoms with Crippen LogP contribution in [0, 0.1) is 5.92 Å². The number of hydrogen-bond acceptors (Lipinski definition) is 6. The lowest BCUT2D eigenvalue weighted by molar-refractivity contribution is -0.134. The smallest absolute Gasteiger partial charge is 0.266 e. The van der Waals surface area contributed by atoms with Crippen LogP contribution in [0.25, 0.3) is 16.6 Å². The molecule has 1 atom stereocenters. The lowest BCUT2D eigenvalue weighted by Gasteiger charge is -2.33. The Morgan fingerprint density at radius 3 is 2.66 bits per heavy atom. The van der Waals surface area contributed by atoms with E-state index in [-0.39, 0.29) is 28.4 Å². The van der Waals surface area contributed by atoms with Gasteiger partial charge in [-0.1, -0.05) is 55.3 Å². The van der Waals surface area contributed by atoms with Gasteiger partial charge in [0.2, 0.25) is 11.8 Å². The summed E-state index contributed by atoms with van der Waals surface area (Å²) in [6.07, 6.45) is 5.12. The maximum atomic E-state index is 13.6. The van der Waals surface area contributed by atoms with Gasteiger partial charge in [0.05, 0.1) is 21.8 Å². The van der Waals surface area contributed by atoms with Crippen LogP contribution in [0.2, 0.25) is 5.15 Å². The molecule has 0 saturated carbocycles. The Kier molecular flexibility index (Phi) is 8.07. The monoisotopic (exact) mass is 513 g/mol. The highest BCUT2D eigenvalue weighted by Gasteiger charge is 2.31. The number of rotatable bonds is 8. The first-order valence-corrected chi connectivity index (χ1v) is 13.0. The van der Waals surface area contributed by atoms with Crippen LogP contribution in [0.4, 0.5) is 0 Å². The quantitative estimate of drug-likeness (QED) is 0.278. The van der Waals surface area contributed by atoms with E-state index in [1.54, 1.807) is 35.2 Å². The summed E-state index contributed by atoms with van der Waals surface area (Å²) in [6.45, 7) is 3.06. The summed E-state index contributed by atoms with van der Waals surface area (Å²) in [5.74, 6) is -0.507. The molecule has 3 aromatic rings. The van der Waals surface area contributed by atoms with Crippen molar-refractivity contribution in [3.8, 4) is 5.69 Å². The van der Waals surface area contributed by atoms with Gasteiger partial charge >= 0.3 is 0 Å². The van der Waals surface area contributed by atoms with E-state index in [2.05, 4.69) is 11.9 Å². The minimum absolute atomic E-state index is 0.00640. The number of carbonyl (C=O) groups excluding carboxylic acids is 2. The van der Waals surface area contributed by atoms with Crippen LogP contribution in [-0.2, 0) is 9.59 Å². The summed E-state index contributed by atoms with van der Waals surface area (Å²) in [7, 11) is 0. The molecule has 10 heteroatoms. The lowest BCUT2D eigenvalue weighted by atomic mass is 9.96. The van der Waals surface area contributed by atoms with Gasteiger partial charge in [-0.2, -0.15) is 0 Å². The fourth-order valence-corrected chi connectivity index (χ4v) is 5.69. The second-order valence-corrected chi connectivity index (χ2v) is 10.2. The molecule has 2 amide bonds. The van der Waals surface area contributed by atoms with Gasteiger partial charge in [-0.3, -0.25) is 19.0 Å².